The van der Waals surface area contributed by atoms with Crippen molar-refractivity contribution in [2.45, 2.75) is 20.5 Å². The number of methoxy groups -OCH3 is 1. The number of nitrogens with zero attached hydrogens (tertiary/aromatic N) is 2. The molecule has 0 aliphatic rings. The molecule has 5 nitrogen and oxygen atoms in total. The van der Waals surface area contributed by atoms with Gasteiger partial charge in [-0.05, 0) is 37.6 Å². The molecule has 2 aromatic rings. The molecule has 0 aliphatic carbocycles. The summed E-state index contributed by atoms with van der Waals surface area (Å²) in [6.07, 6.45) is 1.73. The Morgan fingerprint density at radius 1 is 1.33 bits per heavy atom. The maximum atomic E-state index is 8.96. The fourth-order valence-electron chi connectivity index (χ4n) is 1.92. The predicted molar refractivity (Wildman–Crippen MR) is 80.3 cm³/mol. The molecular formula is C16H18N2O3. The second-order valence-corrected chi connectivity index (χ2v) is 4.60. The molecule has 0 spiro atoms. The van der Waals surface area contributed by atoms with Crippen LogP contribution in [-0.4, -0.2) is 23.0 Å². The maximum Gasteiger partial charge on any atom is 0.132 e. The minimum absolute atomic E-state index is 0.339. The SMILES string of the molecule is COc1ccc(/C(C)=N/O)c(OCc2ncccc2C)c1. The summed E-state index contributed by atoms with van der Waals surface area (Å²) in [5.74, 6) is 1.27. The molecule has 5 heteroatoms. The highest BCUT2D eigenvalue weighted by Gasteiger charge is 2.10. The third-order valence-electron chi connectivity index (χ3n) is 3.21. The standard InChI is InChI=1S/C16H18N2O3/c1-11-5-4-8-17-15(11)10-21-16-9-13(20-3)6-7-14(16)12(2)18-19/h4-9,19H,10H2,1-3H3/b18-12+. The summed E-state index contributed by atoms with van der Waals surface area (Å²) in [5, 5.41) is 12.2. The third-order valence-corrected chi connectivity index (χ3v) is 3.21. The van der Waals surface area contributed by atoms with Crippen LogP contribution < -0.4 is 9.47 Å². The van der Waals surface area contributed by atoms with Crippen LogP contribution in [0.4, 0.5) is 0 Å². The van der Waals surface area contributed by atoms with E-state index in [4.69, 9.17) is 14.7 Å². The van der Waals surface area contributed by atoms with E-state index >= 15 is 0 Å². The third kappa shape index (κ3) is 3.51. The Kier molecular flexibility index (Phi) is 4.77. The van der Waals surface area contributed by atoms with Gasteiger partial charge in [-0.25, -0.2) is 0 Å². The lowest BCUT2D eigenvalue weighted by molar-refractivity contribution is 0.296. The van der Waals surface area contributed by atoms with Gasteiger partial charge in [0.15, 0.2) is 0 Å². The molecular weight excluding hydrogens is 268 g/mol. The van der Waals surface area contributed by atoms with E-state index in [1.54, 1.807) is 38.4 Å². The van der Waals surface area contributed by atoms with Crippen molar-refractivity contribution >= 4 is 5.71 Å². The summed E-state index contributed by atoms with van der Waals surface area (Å²) >= 11 is 0. The summed E-state index contributed by atoms with van der Waals surface area (Å²) in [5.41, 5.74) is 3.12. The molecule has 0 fully saturated rings. The molecule has 0 atom stereocenters. The molecule has 0 bridgehead atoms. The average Bonchev–Trinajstić information content (AvgIpc) is 2.53. The van der Waals surface area contributed by atoms with Gasteiger partial charge in [0.2, 0.25) is 0 Å². The fourth-order valence-corrected chi connectivity index (χ4v) is 1.92. The van der Waals surface area contributed by atoms with Crippen LogP contribution >= 0.6 is 0 Å². The summed E-state index contributed by atoms with van der Waals surface area (Å²) in [7, 11) is 1.59. The van der Waals surface area contributed by atoms with E-state index in [9.17, 15) is 0 Å². The molecule has 1 aromatic carbocycles. The first-order valence-corrected chi connectivity index (χ1v) is 6.56. The van der Waals surface area contributed by atoms with E-state index in [-0.39, 0.29) is 0 Å². The van der Waals surface area contributed by atoms with Gasteiger partial charge in [0.25, 0.3) is 0 Å². The number of pyridine rings is 1. The lowest BCUT2D eigenvalue weighted by Crippen LogP contribution is -2.05. The Morgan fingerprint density at radius 2 is 2.14 bits per heavy atom. The number of hydrogen-bond acceptors (Lipinski definition) is 5. The smallest absolute Gasteiger partial charge is 0.132 e. The number of benzene rings is 1. The normalized spacial score (nSPS) is 11.3. The first-order valence-electron chi connectivity index (χ1n) is 6.56. The van der Waals surface area contributed by atoms with Gasteiger partial charge in [0.1, 0.15) is 18.1 Å². The molecule has 1 heterocycles. The lowest BCUT2D eigenvalue weighted by atomic mass is 10.1. The van der Waals surface area contributed by atoms with Gasteiger partial charge in [0, 0.05) is 17.8 Å². The van der Waals surface area contributed by atoms with Crippen LogP contribution in [0.1, 0.15) is 23.7 Å². The minimum Gasteiger partial charge on any atom is -0.497 e. The Balaban J connectivity index is 2.27. The van der Waals surface area contributed by atoms with Crippen molar-refractivity contribution < 1.29 is 14.7 Å². The summed E-state index contributed by atoms with van der Waals surface area (Å²) in [6, 6.07) is 9.23. The molecule has 2 rings (SSSR count). The van der Waals surface area contributed by atoms with Crippen LogP contribution in [0, 0.1) is 6.92 Å². The van der Waals surface area contributed by atoms with Crippen LogP contribution in [0.15, 0.2) is 41.7 Å². The van der Waals surface area contributed by atoms with Gasteiger partial charge in [-0.15, -0.1) is 0 Å². The predicted octanol–water partition coefficient (Wildman–Crippen LogP) is 3.18. The molecule has 21 heavy (non-hydrogen) atoms. The first-order chi connectivity index (χ1) is 10.2. The number of hydrogen-bond donors (Lipinski definition) is 1. The van der Waals surface area contributed by atoms with Gasteiger partial charge in [0.05, 0.1) is 18.5 Å². The van der Waals surface area contributed by atoms with E-state index in [1.807, 2.05) is 19.1 Å². The maximum absolute atomic E-state index is 8.96. The van der Waals surface area contributed by atoms with Crippen LogP contribution in [-0.2, 0) is 6.61 Å². The Labute approximate surface area is 123 Å². The van der Waals surface area contributed by atoms with Crippen LogP contribution in [0.5, 0.6) is 11.5 Å². The van der Waals surface area contributed by atoms with Crippen molar-refractivity contribution in [3.05, 3.63) is 53.3 Å². The van der Waals surface area contributed by atoms with Crippen molar-refractivity contribution in [1.29, 1.82) is 0 Å². The van der Waals surface area contributed by atoms with E-state index in [0.29, 0.717) is 29.4 Å². The van der Waals surface area contributed by atoms with Crippen molar-refractivity contribution in [1.82, 2.24) is 4.98 Å². The van der Waals surface area contributed by atoms with E-state index < -0.39 is 0 Å². The molecule has 0 unspecified atom stereocenters. The van der Waals surface area contributed by atoms with Crippen LogP contribution in [0.3, 0.4) is 0 Å². The zero-order chi connectivity index (χ0) is 15.2. The molecule has 110 valence electrons. The van der Waals surface area contributed by atoms with Crippen LogP contribution in [0.25, 0.3) is 0 Å². The number of aromatic nitrogens is 1. The first kappa shape index (κ1) is 14.8. The summed E-state index contributed by atoms with van der Waals surface area (Å²) in [4.78, 5) is 4.29. The van der Waals surface area contributed by atoms with Gasteiger partial charge in [-0.1, -0.05) is 11.2 Å². The van der Waals surface area contributed by atoms with Gasteiger partial charge >= 0.3 is 0 Å². The summed E-state index contributed by atoms with van der Waals surface area (Å²) < 4.78 is 11.0. The topological polar surface area (TPSA) is 63.9 Å². The largest absolute Gasteiger partial charge is 0.497 e. The Morgan fingerprint density at radius 3 is 2.81 bits per heavy atom. The van der Waals surface area contributed by atoms with Crippen LogP contribution in [0.2, 0.25) is 0 Å². The fraction of sp³-hybridized carbons (Fsp3) is 0.250. The van der Waals surface area contributed by atoms with E-state index in [2.05, 4.69) is 10.1 Å². The average molecular weight is 286 g/mol. The van der Waals surface area contributed by atoms with Gasteiger partial charge in [-0.2, -0.15) is 0 Å². The van der Waals surface area contributed by atoms with Crippen molar-refractivity contribution in [2.75, 3.05) is 7.11 Å². The lowest BCUT2D eigenvalue weighted by Gasteiger charge is -2.13. The molecule has 1 N–H and O–H groups in total. The highest BCUT2D eigenvalue weighted by Crippen LogP contribution is 2.26. The van der Waals surface area contributed by atoms with E-state index in [0.717, 1.165) is 11.3 Å². The molecule has 0 saturated heterocycles. The molecule has 0 amide bonds. The van der Waals surface area contributed by atoms with Gasteiger partial charge < -0.3 is 14.7 Å². The van der Waals surface area contributed by atoms with Crippen molar-refractivity contribution in [3.8, 4) is 11.5 Å². The zero-order valence-corrected chi connectivity index (χ0v) is 12.3. The second kappa shape index (κ2) is 6.74. The monoisotopic (exact) mass is 286 g/mol. The molecule has 0 saturated carbocycles. The molecule has 0 radical (unpaired) electrons. The van der Waals surface area contributed by atoms with E-state index in [1.165, 1.54) is 0 Å². The summed E-state index contributed by atoms with van der Waals surface area (Å²) in [6.45, 7) is 4.03. The number of ether oxygens (including phenoxy) is 2. The number of oxime groups is 1. The Hall–Kier alpha value is -2.56. The van der Waals surface area contributed by atoms with Crippen molar-refractivity contribution in [2.24, 2.45) is 5.16 Å². The second-order valence-electron chi connectivity index (χ2n) is 4.60. The quantitative estimate of drug-likeness (QED) is 0.521. The minimum atomic E-state index is 0.339. The highest BCUT2D eigenvalue weighted by atomic mass is 16.5. The number of rotatable bonds is 5. The van der Waals surface area contributed by atoms with Gasteiger partial charge in [-0.3, -0.25) is 4.98 Å². The van der Waals surface area contributed by atoms with Crippen molar-refractivity contribution in [3.63, 3.8) is 0 Å². The highest BCUT2D eigenvalue weighted by molar-refractivity contribution is 6.00. The number of aryl methyl sites for hydroxylation is 1. The molecule has 0 aliphatic heterocycles. The molecule has 1 aromatic heterocycles. The Bertz CT molecular complexity index is 654. The zero-order valence-electron chi connectivity index (χ0n) is 12.3.